The SMILES string of the molecule is N#C[C@]1(C(F)(F)F)C(c2ccccc2)(c2ccccc2)SC[C@]1(C#N)C(F)(F)F. The van der Waals surface area contributed by atoms with Crippen LogP contribution < -0.4 is 0 Å². The highest BCUT2D eigenvalue weighted by Crippen LogP contribution is 2.76. The minimum absolute atomic E-state index is 0.128. The van der Waals surface area contributed by atoms with Crippen molar-refractivity contribution in [3.05, 3.63) is 71.8 Å². The van der Waals surface area contributed by atoms with Gasteiger partial charge in [0, 0.05) is 5.75 Å². The summed E-state index contributed by atoms with van der Waals surface area (Å²) in [6.45, 7) is 0. The molecule has 1 aliphatic rings. The maximum absolute atomic E-state index is 14.6. The summed E-state index contributed by atoms with van der Waals surface area (Å²) in [7, 11) is 0. The van der Waals surface area contributed by atoms with Crippen molar-refractivity contribution in [1.29, 1.82) is 10.5 Å². The molecule has 0 spiro atoms. The minimum Gasteiger partial charge on any atom is -0.197 e. The van der Waals surface area contributed by atoms with Crippen LogP contribution in [0.1, 0.15) is 11.1 Å². The van der Waals surface area contributed by atoms with Crippen LogP contribution in [0.4, 0.5) is 26.3 Å². The van der Waals surface area contributed by atoms with Gasteiger partial charge in [-0.25, -0.2) is 0 Å². The van der Waals surface area contributed by atoms with Gasteiger partial charge < -0.3 is 0 Å². The summed E-state index contributed by atoms with van der Waals surface area (Å²) < 4.78 is 83.7. The van der Waals surface area contributed by atoms with Crippen molar-refractivity contribution >= 4 is 11.8 Å². The lowest BCUT2D eigenvalue weighted by atomic mass is 9.55. The summed E-state index contributed by atoms with van der Waals surface area (Å²) >= 11 is 0.328. The average Bonchev–Trinajstić information content (AvgIpc) is 3.02. The van der Waals surface area contributed by atoms with Crippen LogP contribution in [-0.4, -0.2) is 18.1 Å². The van der Waals surface area contributed by atoms with E-state index >= 15 is 0 Å². The van der Waals surface area contributed by atoms with Crippen LogP contribution in [-0.2, 0) is 4.75 Å². The highest BCUT2D eigenvalue weighted by atomic mass is 32.2. The summed E-state index contributed by atoms with van der Waals surface area (Å²) in [5, 5.41) is 19.3. The fraction of sp³-hybridized carbons (Fsp3) is 0.300. The van der Waals surface area contributed by atoms with Crippen LogP contribution in [0, 0.1) is 33.5 Å². The zero-order valence-corrected chi connectivity index (χ0v) is 15.4. The second-order valence-electron chi connectivity index (χ2n) is 6.58. The first-order valence-corrected chi connectivity index (χ1v) is 9.23. The van der Waals surface area contributed by atoms with Gasteiger partial charge >= 0.3 is 12.4 Å². The van der Waals surface area contributed by atoms with Crippen molar-refractivity contribution in [1.82, 2.24) is 0 Å². The van der Waals surface area contributed by atoms with E-state index < -0.39 is 33.7 Å². The Bertz CT molecular complexity index is 935. The first-order chi connectivity index (χ1) is 13.5. The van der Waals surface area contributed by atoms with Crippen LogP contribution >= 0.6 is 11.8 Å². The molecule has 29 heavy (non-hydrogen) atoms. The molecule has 0 radical (unpaired) electrons. The number of alkyl halides is 6. The number of thioether (sulfide) groups is 1. The molecular formula is C20H12F6N2S. The molecule has 1 aliphatic heterocycles. The van der Waals surface area contributed by atoms with E-state index in [-0.39, 0.29) is 11.1 Å². The van der Waals surface area contributed by atoms with Crippen molar-refractivity contribution in [2.75, 3.05) is 5.75 Å². The standard InChI is InChI=1S/C20H12F6N2S/c21-19(22,23)16(11-27)13-29-18(14-7-3-1-4-8-14,15-9-5-2-6-10-15)17(16,12-28)20(24,25)26/h1-10H,13H2/t16-,17+/m0/s1. The number of nitriles is 2. The molecule has 0 saturated carbocycles. The number of rotatable bonds is 2. The molecular weight excluding hydrogens is 414 g/mol. The first kappa shape index (κ1) is 21.1. The molecule has 1 heterocycles. The second-order valence-corrected chi connectivity index (χ2v) is 7.77. The third-order valence-corrected chi connectivity index (χ3v) is 7.09. The van der Waals surface area contributed by atoms with Crippen LogP contribution in [0.5, 0.6) is 0 Å². The molecule has 2 aromatic rings. The van der Waals surface area contributed by atoms with E-state index in [2.05, 4.69) is 0 Å². The van der Waals surface area contributed by atoms with Crippen molar-refractivity contribution in [3.63, 3.8) is 0 Å². The summed E-state index contributed by atoms with van der Waals surface area (Å²) in [5.41, 5.74) is -8.29. The molecule has 3 rings (SSSR count). The summed E-state index contributed by atoms with van der Waals surface area (Å²) in [6, 6.07) is 15.4. The van der Waals surface area contributed by atoms with Crippen LogP contribution in [0.15, 0.2) is 60.7 Å². The Morgan fingerprint density at radius 2 is 1.17 bits per heavy atom. The Balaban J connectivity index is 2.57. The average molecular weight is 426 g/mol. The molecule has 150 valence electrons. The minimum atomic E-state index is -5.66. The van der Waals surface area contributed by atoms with Crippen molar-refractivity contribution < 1.29 is 26.3 Å². The van der Waals surface area contributed by atoms with E-state index in [1.165, 1.54) is 60.7 Å². The van der Waals surface area contributed by atoms with Crippen LogP contribution in [0.25, 0.3) is 0 Å². The third-order valence-electron chi connectivity index (χ3n) is 5.30. The number of hydrogen-bond donors (Lipinski definition) is 0. The summed E-state index contributed by atoms with van der Waals surface area (Å²) in [6.07, 6.45) is -11.3. The lowest BCUT2D eigenvalue weighted by molar-refractivity contribution is -0.301. The Labute approximate surface area is 166 Å². The molecule has 0 unspecified atom stereocenters. The van der Waals surface area contributed by atoms with Crippen molar-refractivity contribution in [3.8, 4) is 12.1 Å². The van der Waals surface area contributed by atoms with Crippen LogP contribution in [0.3, 0.4) is 0 Å². The molecule has 1 fully saturated rings. The molecule has 0 bridgehead atoms. The third kappa shape index (κ3) is 2.50. The van der Waals surface area contributed by atoms with Gasteiger partial charge in [0.05, 0.1) is 16.9 Å². The first-order valence-electron chi connectivity index (χ1n) is 8.25. The van der Waals surface area contributed by atoms with Gasteiger partial charge in [-0.2, -0.15) is 36.9 Å². The zero-order valence-electron chi connectivity index (χ0n) is 14.6. The van der Waals surface area contributed by atoms with Gasteiger partial charge in [-0.05, 0) is 11.1 Å². The fourth-order valence-electron chi connectivity index (χ4n) is 4.00. The molecule has 2 atom stereocenters. The van der Waals surface area contributed by atoms with Gasteiger partial charge in [0.25, 0.3) is 0 Å². The fourth-order valence-corrected chi connectivity index (χ4v) is 6.03. The molecule has 1 saturated heterocycles. The Morgan fingerprint density at radius 3 is 1.48 bits per heavy atom. The van der Waals surface area contributed by atoms with Gasteiger partial charge in [0.2, 0.25) is 5.41 Å². The van der Waals surface area contributed by atoms with E-state index in [0.717, 1.165) is 12.1 Å². The molecule has 2 nitrogen and oxygen atoms in total. The maximum Gasteiger partial charge on any atom is 0.411 e. The van der Waals surface area contributed by atoms with Gasteiger partial charge in [0.1, 0.15) is 0 Å². The largest absolute Gasteiger partial charge is 0.411 e. The molecule has 0 N–H and O–H groups in total. The van der Waals surface area contributed by atoms with E-state index in [1.54, 1.807) is 0 Å². The Hall–Kier alpha value is -2.65. The predicted molar refractivity (Wildman–Crippen MR) is 94.3 cm³/mol. The van der Waals surface area contributed by atoms with Gasteiger partial charge in [0.15, 0.2) is 5.41 Å². The second kappa shape index (κ2) is 6.70. The Morgan fingerprint density at radius 1 is 0.724 bits per heavy atom. The Kier molecular flexibility index (Phi) is 4.87. The number of hydrogen-bond acceptors (Lipinski definition) is 3. The van der Waals surface area contributed by atoms with E-state index in [9.17, 15) is 36.9 Å². The smallest absolute Gasteiger partial charge is 0.197 e. The van der Waals surface area contributed by atoms with Crippen molar-refractivity contribution in [2.24, 2.45) is 10.8 Å². The van der Waals surface area contributed by atoms with Crippen LogP contribution in [0.2, 0.25) is 0 Å². The van der Waals surface area contributed by atoms with E-state index in [0.29, 0.717) is 11.8 Å². The topological polar surface area (TPSA) is 47.6 Å². The monoisotopic (exact) mass is 426 g/mol. The highest BCUT2D eigenvalue weighted by molar-refractivity contribution is 8.00. The molecule has 0 aromatic heterocycles. The molecule has 0 aliphatic carbocycles. The number of nitrogens with zero attached hydrogens (tertiary/aromatic N) is 2. The summed E-state index contributed by atoms with van der Waals surface area (Å²) in [5.74, 6) is -1.23. The molecule has 0 amide bonds. The molecule has 9 heteroatoms. The normalized spacial score (nSPS) is 26.5. The van der Waals surface area contributed by atoms with Gasteiger partial charge in [-0.15, -0.1) is 11.8 Å². The quantitative estimate of drug-likeness (QED) is 0.569. The zero-order chi connectivity index (χ0) is 21.6. The maximum atomic E-state index is 14.6. The highest BCUT2D eigenvalue weighted by Gasteiger charge is 2.88. The van der Waals surface area contributed by atoms with Gasteiger partial charge in [-0.3, -0.25) is 0 Å². The van der Waals surface area contributed by atoms with Crippen molar-refractivity contribution in [2.45, 2.75) is 17.1 Å². The lowest BCUT2D eigenvalue weighted by Gasteiger charge is -2.47. The predicted octanol–water partition coefficient (Wildman–Crippen LogP) is 5.82. The van der Waals surface area contributed by atoms with Gasteiger partial charge in [-0.1, -0.05) is 60.7 Å². The number of benzene rings is 2. The lowest BCUT2D eigenvalue weighted by Crippen LogP contribution is -2.63. The molecule has 2 aromatic carbocycles. The van der Waals surface area contributed by atoms with E-state index in [4.69, 9.17) is 0 Å². The number of halogens is 6. The summed E-state index contributed by atoms with van der Waals surface area (Å²) in [4.78, 5) is 0. The van der Waals surface area contributed by atoms with E-state index in [1.807, 2.05) is 0 Å².